The molecule has 0 unspecified atom stereocenters. The van der Waals surface area contributed by atoms with Crippen molar-refractivity contribution in [2.75, 3.05) is 27.2 Å². The van der Waals surface area contributed by atoms with Crippen molar-refractivity contribution in [3.05, 3.63) is 71.6 Å². The van der Waals surface area contributed by atoms with Gasteiger partial charge in [0.1, 0.15) is 11.5 Å². The predicted octanol–water partition coefficient (Wildman–Crippen LogP) is 6.42. The third-order valence-electron chi connectivity index (χ3n) is 5.22. The molecular weight excluding hydrogens is 378 g/mol. The number of rotatable bonds is 5. The molecule has 0 atom stereocenters. The summed E-state index contributed by atoms with van der Waals surface area (Å²) in [6, 6.07) is 23.4. The van der Waals surface area contributed by atoms with E-state index in [-0.39, 0.29) is 0 Å². The maximum atomic E-state index is 6.49. The summed E-state index contributed by atoms with van der Waals surface area (Å²) in [7, 11) is 4.13. The van der Waals surface area contributed by atoms with E-state index in [1.165, 1.54) is 20.7 Å². The predicted molar refractivity (Wildman–Crippen MR) is 121 cm³/mol. The molecule has 1 aromatic heterocycles. The highest BCUT2D eigenvalue weighted by Gasteiger charge is 2.24. The first kappa shape index (κ1) is 18.4. The largest absolute Gasteiger partial charge is 0.455 e. The average Bonchev–Trinajstić information content (AvgIpc) is 3.10. The second kappa shape index (κ2) is 7.64. The van der Waals surface area contributed by atoms with Crippen LogP contribution in [0, 0.1) is 0 Å². The topological polar surface area (TPSA) is 21.7 Å². The Hall–Kier alpha value is -2.66. The van der Waals surface area contributed by atoms with Gasteiger partial charge in [0.15, 0.2) is 0 Å². The molecule has 3 aromatic carbocycles. The molecule has 4 heteroatoms. The van der Waals surface area contributed by atoms with Crippen molar-refractivity contribution in [2.45, 2.75) is 6.61 Å². The molecule has 0 radical (unpaired) electrons. The smallest absolute Gasteiger partial charge is 0.143 e. The Morgan fingerprint density at radius 3 is 2.62 bits per heavy atom. The van der Waals surface area contributed by atoms with E-state index in [4.69, 9.17) is 9.47 Å². The Morgan fingerprint density at radius 1 is 0.897 bits per heavy atom. The minimum Gasteiger partial charge on any atom is -0.455 e. The van der Waals surface area contributed by atoms with E-state index in [1.54, 1.807) is 11.3 Å². The summed E-state index contributed by atoms with van der Waals surface area (Å²) in [5.74, 6) is 1.85. The quantitative estimate of drug-likeness (QED) is 0.317. The monoisotopic (exact) mass is 401 g/mol. The lowest BCUT2D eigenvalue weighted by Gasteiger charge is -2.12. The van der Waals surface area contributed by atoms with E-state index in [0.717, 1.165) is 41.2 Å². The summed E-state index contributed by atoms with van der Waals surface area (Å²) < 4.78 is 12.4. The number of hydrogen-bond donors (Lipinski definition) is 0. The molecule has 5 rings (SSSR count). The Bertz CT molecular complexity index is 1180. The fraction of sp³-hybridized carbons (Fsp3) is 0.200. The number of hydrogen-bond acceptors (Lipinski definition) is 4. The van der Waals surface area contributed by atoms with Gasteiger partial charge in [-0.2, -0.15) is 0 Å². The van der Waals surface area contributed by atoms with Crippen LogP contribution in [0.1, 0.15) is 4.88 Å². The molecule has 0 aliphatic carbocycles. The van der Waals surface area contributed by atoms with E-state index in [2.05, 4.69) is 79.7 Å². The van der Waals surface area contributed by atoms with Gasteiger partial charge in [0.25, 0.3) is 0 Å². The zero-order chi connectivity index (χ0) is 19.8. The van der Waals surface area contributed by atoms with Crippen LogP contribution in [0.3, 0.4) is 0 Å². The molecule has 3 nitrogen and oxygen atoms in total. The Kier molecular flexibility index (Phi) is 4.84. The number of para-hydroxylation sites is 1. The lowest BCUT2D eigenvalue weighted by molar-refractivity contribution is 0.107. The molecular formula is C25H23NO2S. The van der Waals surface area contributed by atoms with Gasteiger partial charge in [-0.1, -0.05) is 48.5 Å². The number of likely N-dealkylation sites (N-methyl/N-ethyl adjacent to an activating group) is 1. The molecule has 4 aromatic rings. The second-order valence-electron chi connectivity index (χ2n) is 7.57. The van der Waals surface area contributed by atoms with Crippen molar-refractivity contribution in [1.29, 1.82) is 0 Å². The summed E-state index contributed by atoms with van der Waals surface area (Å²) in [5.41, 5.74) is 3.52. The Morgan fingerprint density at radius 2 is 1.72 bits per heavy atom. The molecule has 29 heavy (non-hydrogen) atoms. The first-order valence-corrected chi connectivity index (χ1v) is 10.7. The number of ether oxygens (including phenoxy) is 2. The lowest BCUT2D eigenvalue weighted by atomic mass is 10.00. The molecule has 0 saturated heterocycles. The van der Waals surface area contributed by atoms with Crippen molar-refractivity contribution in [2.24, 2.45) is 0 Å². The van der Waals surface area contributed by atoms with Crippen LogP contribution < -0.4 is 4.74 Å². The zero-order valence-corrected chi connectivity index (χ0v) is 17.5. The molecule has 2 heterocycles. The number of benzene rings is 3. The highest BCUT2D eigenvalue weighted by atomic mass is 32.1. The van der Waals surface area contributed by atoms with Gasteiger partial charge in [-0.3, -0.25) is 0 Å². The van der Waals surface area contributed by atoms with Crippen molar-refractivity contribution < 1.29 is 9.47 Å². The summed E-state index contributed by atoms with van der Waals surface area (Å²) in [6.07, 6.45) is 0. The fourth-order valence-electron chi connectivity index (χ4n) is 3.75. The molecule has 0 amide bonds. The van der Waals surface area contributed by atoms with Crippen molar-refractivity contribution in [3.63, 3.8) is 0 Å². The van der Waals surface area contributed by atoms with Crippen LogP contribution >= 0.6 is 11.3 Å². The number of fused-ring (bicyclic) bond motifs is 7. The van der Waals surface area contributed by atoms with Crippen LogP contribution in [0.4, 0.5) is 0 Å². The van der Waals surface area contributed by atoms with E-state index in [0.29, 0.717) is 6.61 Å². The maximum absolute atomic E-state index is 6.49. The summed E-state index contributed by atoms with van der Waals surface area (Å²) >= 11 is 1.80. The van der Waals surface area contributed by atoms with Crippen molar-refractivity contribution >= 4 is 22.1 Å². The molecule has 0 spiro atoms. The minimum absolute atomic E-state index is 0.636. The van der Waals surface area contributed by atoms with E-state index in [9.17, 15) is 0 Å². The van der Waals surface area contributed by atoms with Crippen molar-refractivity contribution in [1.82, 2.24) is 4.90 Å². The molecule has 0 N–H and O–H groups in total. The summed E-state index contributed by atoms with van der Waals surface area (Å²) in [5, 5.41) is 2.33. The molecule has 146 valence electrons. The second-order valence-corrected chi connectivity index (χ2v) is 8.71. The molecule has 0 bridgehead atoms. The Balaban J connectivity index is 1.62. The third-order valence-corrected chi connectivity index (χ3v) is 6.37. The fourth-order valence-corrected chi connectivity index (χ4v) is 4.88. The summed E-state index contributed by atoms with van der Waals surface area (Å²) in [6.45, 7) is 2.30. The molecule has 0 fully saturated rings. The van der Waals surface area contributed by atoms with Crippen LogP contribution in [0.5, 0.6) is 11.5 Å². The maximum Gasteiger partial charge on any atom is 0.143 e. The Labute approximate surface area is 175 Å². The first-order valence-electron chi connectivity index (χ1n) is 9.85. The highest BCUT2D eigenvalue weighted by molar-refractivity contribution is 7.16. The van der Waals surface area contributed by atoms with Crippen LogP contribution in [0.2, 0.25) is 0 Å². The molecule has 1 aliphatic heterocycles. The standard InChI is InChI=1S/C25H23NO2S/c1-26(2)13-14-27-16-18-15-22-20-9-5-6-10-23(20)28-24-19-8-4-3-7-17(19)11-12-21(24)25(22)29-18/h3-12,15H,13-14,16H2,1-2H3. The van der Waals surface area contributed by atoms with Gasteiger partial charge in [0.05, 0.1) is 13.2 Å². The van der Waals surface area contributed by atoms with Gasteiger partial charge in [0, 0.05) is 38.4 Å². The SMILES string of the molecule is CN(C)CCOCc1cc2c(s1)-c1ccc3ccccc3c1Oc1ccccc1-2. The van der Waals surface area contributed by atoms with Gasteiger partial charge in [-0.15, -0.1) is 11.3 Å². The normalized spacial score (nSPS) is 12.2. The zero-order valence-electron chi connectivity index (χ0n) is 16.6. The van der Waals surface area contributed by atoms with Gasteiger partial charge >= 0.3 is 0 Å². The van der Waals surface area contributed by atoms with Gasteiger partial charge in [0.2, 0.25) is 0 Å². The minimum atomic E-state index is 0.636. The van der Waals surface area contributed by atoms with E-state index in [1.807, 2.05) is 6.07 Å². The van der Waals surface area contributed by atoms with Crippen LogP contribution in [-0.2, 0) is 11.3 Å². The lowest BCUT2D eigenvalue weighted by Crippen LogP contribution is -2.17. The number of nitrogens with zero attached hydrogens (tertiary/aromatic N) is 1. The van der Waals surface area contributed by atoms with E-state index < -0.39 is 0 Å². The first-order chi connectivity index (χ1) is 14.2. The van der Waals surface area contributed by atoms with E-state index >= 15 is 0 Å². The van der Waals surface area contributed by atoms with Crippen LogP contribution in [-0.4, -0.2) is 32.1 Å². The van der Waals surface area contributed by atoms with Gasteiger partial charge in [-0.05, 0) is 37.7 Å². The van der Waals surface area contributed by atoms with Crippen molar-refractivity contribution in [3.8, 4) is 33.1 Å². The average molecular weight is 402 g/mol. The van der Waals surface area contributed by atoms with Gasteiger partial charge in [-0.25, -0.2) is 0 Å². The molecule has 0 saturated carbocycles. The van der Waals surface area contributed by atoms with Gasteiger partial charge < -0.3 is 14.4 Å². The number of thiophene rings is 1. The summed E-state index contributed by atoms with van der Waals surface area (Å²) in [4.78, 5) is 4.63. The molecule has 1 aliphatic rings. The highest BCUT2D eigenvalue weighted by Crippen LogP contribution is 2.52. The van der Waals surface area contributed by atoms with Crippen LogP contribution in [0.15, 0.2) is 66.7 Å². The third kappa shape index (κ3) is 3.44. The van der Waals surface area contributed by atoms with Crippen LogP contribution in [0.25, 0.3) is 32.3 Å².